The highest BCUT2D eigenvalue weighted by Gasteiger charge is 2.12. The van der Waals surface area contributed by atoms with Gasteiger partial charge in [0.1, 0.15) is 11.6 Å². The lowest BCUT2D eigenvalue weighted by Gasteiger charge is -2.05. The van der Waals surface area contributed by atoms with Crippen LogP contribution in [0.25, 0.3) is 0 Å². The van der Waals surface area contributed by atoms with E-state index in [1.54, 1.807) is 12.1 Å². The van der Waals surface area contributed by atoms with Gasteiger partial charge in [-0.2, -0.15) is 4.73 Å². The summed E-state index contributed by atoms with van der Waals surface area (Å²) in [7, 11) is 0. The zero-order valence-electron chi connectivity index (χ0n) is 9.07. The van der Waals surface area contributed by atoms with E-state index >= 15 is 0 Å². The minimum Gasteiger partial charge on any atom is -0.618 e. The number of benzene rings is 1. The molecule has 94 valence electrons. The molecule has 0 aliphatic rings. The Morgan fingerprint density at radius 3 is 2.44 bits per heavy atom. The molecule has 0 saturated carbocycles. The SMILES string of the molecule is [O-][n+]1cc(Br)ccc1SCc1c(F)cccc1F. The van der Waals surface area contributed by atoms with Crippen LogP contribution in [-0.2, 0) is 5.75 Å². The summed E-state index contributed by atoms with van der Waals surface area (Å²) < 4.78 is 28.1. The van der Waals surface area contributed by atoms with Crippen molar-refractivity contribution >= 4 is 27.7 Å². The molecule has 1 heterocycles. The van der Waals surface area contributed by atoms with Crippen molar-refractivity contribution in [2.75, 3.05) is 0 Å². The van der Waals surface area contributed by atoms with Gasteiger partial charge in [0, 0.05) is 17.4 Å². The van der Waals surface area contributed by atoms with Gasteiger partial charge in [0.15, 0.2) is 6.20 Å². The average molecular weight is 332 g/mol. The third-order valence-corrected chi connectivity index (χ3v) is 3.78. The normalized spacial score (nSPS) is 10.6. The first-order valence-corrected chi connectivity index (χ1v) is 6.80. The first-order valence-electron chi connectivity index (χ1n) is 5.02. The first kappa shape index (κ1) is 13.3. The molecular formula is C12H8BrF2NOS. The molecule has 1 aromatic heterocycles. The summed E-state index contributed by atoms with van der Waals surface area (Å²) in [4.78, 5) is 0. The summed E-state index contributed by atoms with van der Waals surface area (Å²) in [6.45, 7) is 0. The molecule has 2 aromatic rings. The maximum absolute atomic E-state index is 13.4. The van der Waals surface area contributed by atoms with Gasteiger partial charge < -0.3 is 5.21 Å². The molecule has 0 spiro atoms. The van der Waals surface area contributed by atoms with Crippen LogP contribution in [0.5, 0.6) is 0 Å². The van der Waals surface area contributed by atoms with Crippen molar-refractivity contribution < 1.29 is 13.5 Å². The highest BCUT2D eigenvalue weighted by atomic mass is 79.9. The Hall–Kier alpha value is -1.14. The van der Waals surface area contributed by atoms with Crippen LogP contribution in [-0.4, -0.2) is 0 Å². The van der Waals surface area contributed by atoms with E-state index in [1.807, 2.05) is 0 Å². The van der Waals surface area contributed by atoms with Crippen molar-refractivity contribution in [3.63, 3.8) is 0 Å². The van der Waals surface area contributed by atoms with E-state index in [9.17, 15) is 14.0 Å². The van der Waals surface area contributed by atoms with Crippen LogP contribution in [0.1, 0.15) is 5.56 Å². The van der Waals surface area contributed by atoms with Crippen LogP contribution in [0, 0.1) is 16.8 Å². The number of halogens is 3. The third kappa shape index (κ3) is 3.00. The Labute approximate surface area is 115 Å². The average Bonchev–Trinajstić information content (AvgIpc) is 2.31. The Balaban J connectivity index is 2.16. The van der Waals surface area contributed by atoms with Crippen LogP contribution in [0.2, 0.25) is 0 Å². The van der Waals surface area contributed by atoms with E-state index in [1.165, 1.54) is 24.4 Å². The van der Waals surface area contributed by atoms with Crippen molar-refractivity contribution in [2.24, 2.45) is 0 Å². The van der Waals surface area contributed by atoms with Crippen LogP contribution in [0.4, 0.5) is 8.78 Å². The fourth-order valence-electron chi connectivity index (χ4n) is 1.37. The van der Waals surface area contributed by atoms with Crippen molar-refractivity contribution in [2.45, 2.75) is 10.8 Å². The summed E-state index contributed by atoms with van der Waals surface area (Å²) >= 11 is 4.25. The van der Waals surface area contributed by atoms with Gasteiger partial charge in [-0.15, -0.1) is 0 Å². The number of pyridine rings is 1. The Bertz CT molecular complexity index is 560. The summed E-state index contributed by atoms with van der Waals surface area (Å²) in [6, 6.07) is 7.01. The first-order chi connectivity index (χ1) is 8.58. The van der Waals surface area contributed by atoms with Crippen molar-refractivity contribution in [3.05, 3.63) is 63.4 Å². The van der Waals surface area contributed by atoms with Gasteiger partial charge >= 0.3 is 0 Å². The number of thioether (sulfide) groups is 1. The van der Waals surface area contributed by atoms with E-state index in [0.717, 1.165) is 11.8 Å². The fraction of sp³-hybridized carbons (Fsp3) is 0.0833. The summed E-state index contributed by atoms with van der Waals surface area (Å²) in [6.07, 6.45) is 1.35. The number of nitrogens with zero attached hydrogens (tertiary/aromatic N) is 1. The van der Waals surface area contributed by atoms with Gasteiger partial charge in [-0.25, -0.2) is 8.78 Å². The van der Waals surface area contributed by atoms with Crippen molar-refractivity contribution in [3.8, 4) is 0 Å². The molecule has 18 heavy (non-hydrogen) atoms. The smallest absolute Gasteiger partial charge is 0.251 e. The zero-order valence-corrected chi connectivity index (χ0v) is 11.5. The minimum absolute atomic E-state index is 0.0228. The molecule has 0 unspecified atom stereocenters. The molecule has 0 bridgehead atoms. The lowest BCUT2D eigenvalue weighted by atomic mass is 10.2. The number of aromatic nitrogens is 1. The predicted octanol–water partition coefficient (Wildman–Crippen LogP) is 3.65. The highest BCUT2D eigenvalue weighted by molar-refractivity contribution is 9.10. The molecule has 1 aromatic carbocycles. The molecule has 6 heteroatoms. The Kier molecular flexibility index (Phi) is 4.19. The second kappa shape index (κ2) is 5.67. The molecule has 0 N–H and O–H groups in total. The van der Waals surface area contributed by atoms with Gasteiger partial charge in [-0.3, -0.25) is 0 Å². The molecule has 2 nitrogen and oxygen atoms in total. The quantitative estimate of drug-likeness (QED) is 0.487. The minimum atomic E-state index is -0.600. The monoisotopic (exact) mass is 331 g/mol. The molecule has 0 aliphatic heterocycles. The van der Waals surface area contributed by atoms with Crippen LogP contribution in [0.15, 0.2) is 46.0 Å². The topological polar surface area (TPSA) is 26.9 Å². The molecule has 0 aliphatic carbocycles. The van der Waals surface area contributed by atoms with E-state index < -0.39 is 11.6 Å². The van der Waals surface area contributed by atoms with Gasteiger partial charge in [0.2, 0.25) is 0 Å². The highest BCUT2D eigenvalue weighted by Crippen LogP contribution is 2.24. The molecule has 0 saturated heterocycles. The van der Waals surface area contributed by atoms with Gasteiger partial charge in [-0.1, -0.05) is 17.8 Å². The number of hydrogen-bond acceptors (Lipinski definition) is 2. The van der Waals surface area contributed by atoms with Crippen LogP contribution >= 0.6 is 27.7 Å². The molecular weight excluding hydrogens is 324 g/mol. The van der Waals surface area contributed by atoms with E-state index in [4.69, 9.17) is 0 Å². The predicted molar refractivity (Wildman–Crippen MR) is 69.0 cm³/mol. The number of rotatable bonds is 3. The van der Waals surface area contributed by atoms with Gasteiger partial charge in [0.25, 0.3) is 5.03 Å². The Morgan fingerprint density at radius 2 is 1.83 bits per heavy atom. The van der Waals surface area contributed by atoms with Crippen LogP contribution in [0.3, 0.4) is 0 Å². The maximum Gasteiger partial charge on any atom is 0.251 e. The summed E-state index contributed by atoms with van der Waals surface area (Å²) in [5.41, 5.74) is -0.0228. The Morgan fingerprint density at radius 1 is 1.17 bits per heavy atom. The number of hydrogen-bond donors (Lipinski definition) is 0. The van der Waals surface area contributed by atoms with Crippen LogP contribution < -0.4 is 4.73 Å². The standard InChI is InChI=1S/C12H8BrF2NOS/c13-8-4-5-12(16(17)6-8)18-7-9-10(14)2-1-3-11(9)15/h1-6H,7H2. The molecule has 2 rings (SSSR count). The largest absolute Gasteiger partial charge is 0.618 e. The molecule has 0 radical (unpaired) electrons. The lowest BCUT2D eigenvalue weighted by molar-refractivity contribution is -0.646. The van der Waals surface area contributed by atoms with E-state index in [2.05, 4.69) is 15.9 Å². The third-order valence-electron chi connectivity index (χ3n) is 2.27. The fourth-order valence-corrected chi connectivity index (χ4v) is 2.60. The van der Waals surface area contributed by atoms with Gasteiger partial charge in [0.05, 0.1) is 4.47 Å². The molecule has 0 fully saturated rings. The second-order valence-corrected chi connectivity index (χ2v) is 5.41. The second-order valence-electron chi connectivity index (χ2n) is 3.50. The maximum atomic E-state index is 13.4. The van der Waals surface area contributed by atoms with Crippen molar-refractivity contribution in [1.29, 1.82) is 0 Å². The molecule has 0 atom stereocenters. The van der Waals surface area contributed by atoms with E-state index in [-0.39, 0.29) is 11.3 Å². The van der Waals surface area contributed by atoms with Gasteiger partial charge in [-0.05, 0) is 34.1 Å². The van der Waals surface area contributed by atoms with E-state index in [0.29, 0.717) is 14.2 Å². The summed E-state index contributed by atoms with van der Waals surface area (Å²) in [5.74, 6) is -1.13. The lowest BCUT2D eigenvalue weighted by Crippen LogP contribution is -2.28. The summed E-state index contributed by atoms with van der Waals surface area (Å²) in [5, 5.41) is 11.9. The molecule has 0 amide bonds. The zero-order chi connectivity index (χ0) is 13.1. The van der Waals surface area contributed by atoms with Crippen molar-refractivity contribution in [1.82, 2.24) is 0 Å².